The van der Waals surface area contributed by atoms with Crippen molar-refractivity contribution in [3.8, 4) is 40.0 Å². The van der Waals surface area contributed by atoms with Crippen LogP contribution in [0.25, 0.3) is 22.2 Å². The summed E-state index contributed by atoms with van der Waals surface area (Å²) in [5, 5.41) is 0.613. The van der Waals surface area contributed by atoms with E-state index >= 15 is 0 Å². The maximum atomic E-state index is 12.3. The number of benzene rings is 2. The quantitative estimate of drug-likeness (QED) is 0.574. The molecule has 0 atom stereocenters. The first-order valence-corrected chi connectivity index (χ1v) is 8.61. The molecule has 1 N–H and O–H groups in total. The van der Waals surface area contributed by atoms with Gasteiger partial charge in [0.2, 0.25) is 5.75 Å². The van der Waals surface area contributed by atoms with Crippen LogP contribution in [0.4, 0.5) is 0 Å². The lowest BCUT2D eigenvalue weighted by atomic mass is 10.0. The van der Waals surface area contributed by atoms with Gasteiger partial charge < -0.3 is 33.4 Å². The fourth-order valence-electron chi connectivity index (χ4n) is 3.04. The zero-order chi connectivity index (χ0) is 21.0. The minimum atomic E-state index is -0.534. The zero-order valence-electron chi connectivity index (χ0n) is 16.8. The Balaban J connectivity index is 2.31. The molecule has 3 aromatic rings. The van der Waals surface area contributed by atoms with E-state index in [0.29, 0.717) is 50.9 Å². The molecule has 9 heteroatoms. The lowest BCUT2D eigenvalue weighted by Crippen LogP contribution is -2.12. The van der Waals surface area contributed by atoms with Crippen LogP contribution in [0.2, 0.25) is 0 Å². The molecule has 0 unspecified atom stereocenters. The number of nitrogens with one attached hydrogen (secondary N) is 1. The number of nitrogens with zero attached hydrogens (tertiary/aromatic N) is 1. The Morgan fingerprint density at radius 1 is 0.862 bits per heavy atom. The van der Waals surface area contributed by atoms with Crippen molar-refractivity contribution in [2.45, 2.75) is 0 Å². The molecule has 0 radical (unpaired) electrons. The third kappa shape index (κ3) is 3.77. The van der Waals surface area contributed by atoms with Crippen molar-refractivity contribution in [2.24, 2.45) is 0 Å². The summed E-state index contributed by atoms with van der Waals surface area (Å²) < 4.78 is 32.2. The van der Waals surface area contributed by atoms with E-state index < -0.39 is 5.69 Å². The summed E-state index contributed by atoms with van der Waals surface area (Å²) in [6.45, 7) is 0.0439. The fourth-order valence-corrected chi connectivity index (χ4v) is 3.04. The molecule has 154 valence electrons. The van der Waals surface area contributed by atoms with E-state index in [2.05, 4.69) is 9.97 Å². The van der Waals surface area contributed by atoms with Gasteiger partial charge in [0.1, 0.15) is 0 Å². The molecule has 0 bridgehead atoms. The molecular formula is C20H22N2O7. The molecule has 1 heterocycles. The second kappa shape index (κ2) is 8.70. The van der Waals surface area contributed by atoms with Crippen molar-refractivity contribution in [1.82, 2.24) is 9.97 Å². The van der Waals surface area contributed by atoms with E-state index in [1.54, 1.807) is 24.3 Å². The average molecular weight is 402 g/mol. The predicted molar refractivity (Wildman–Crippen MR) is 107 cm³/mol. The molecule has 0 aliphatic carbocycles. The maximum absolute atomic E-state index is 12.3. The van der Waals surface area contributed by atoms with Crippen LogP contribution in [0.1, 0.15) is 0 Å². The SMILES string of the molecule is COCOc1cc(-c2nc(=O)[nH]c3c(OC)c(OC)c(OC)cc23)ccc1OC. The summed E-state index contributed by atoms with van der Waals surface area (Å²) in [6.07, 6.45) is 0. The number of rotatable bonds is 8. The molecular weight excluding hydrogens is 380 g/mol. The Labute approximate surface area is 167 Å². The zero-order valence-corrected chi connectivity index (χ0v) is 16.8. The van der Waals surface area contributed by atoms with Gasteiger partial charge in [-0.2, -0.15) is 4.98 Å². The van der Waals surface area contributed by atoms with Crippen LogP contribution in [0.15, 0.2) is 29.1 Å². The normalized spacial score (nSPS) is 10.7. The van der Waals surface area contributed by atoms with Gasteiger partial charge in [-0.1, -0.05) is 0 Å². The van der Waals surface area contributed by atoms with E-state index in [1.807, 2.05) is 0 Å². The Bertz CT molecular complexity index is 1080. The Morgan fingerprint density at radius 3 is 2.21 bits per heavy atom. The van der Waals surface area contributed by atoms with Crippen LogP contribution >= 0.6 is 0 Å². The van der Waals surface area contributed by atoms with Gasteiger partial charge in [0.15, 0.2) is 29.8 Å². The lowest BCUT2D eigenvalue weighted by molar-refractivity contribution is 0.0492. The van der Waals surface area contributed by atoms with Crippen molar-refractivity contribution >= 4 is 10.9 Å². The number of aromatic amines is 1. The number of fused-ring (bicyclic) bond motifs is 1. The molecule has 0 saturated carbocycles. The molecule has 1 aromatic heterocycles. The third-order valence-electron chi connectivity index (χ3n) is 4.30. The first kappa shape index (κ1) is 20.3. The van der Waals surface area contributed by atoms with Crippen molar-refractivity contribution in [2.75, 3.05) is 42.3 Å². The summed E-state index contributed by atoms with van der Waals surface area (Å²) in [5.74, 6) is 2.13. The van der Waals surface area contributed by atoms with Gasteiger partial charge in [-0.25, -0.2) is 4.79 Å². The molecule has 9 nitrogen and oxygen atoms in total. The molecule has 0 amide bonds. The Hall–Kier alpha value is -3.46. The van der Waals surface area contributed by atoms with Crippen LogP contribution in [-0.2, 0) is 4.74 Å². The first-order valence-electron chi connectivity index (χ1n) is 8.61. The first-order chi connectivity index (χ1) is 14.1. The number of hydrogen-bond acceptors (Lipinski definition) is 8. The number of ether oxygens (including phenoxy) is 6. The largest absolute Gasteiger partial charge is 0.493 e. The van der Waals surface area contributed by atoms with E-state index in [-0.39, 0.29) is 6.79 Å². The fraction of sp³-hybridized carbons (Fsp3) is 0.300. The summed E-state index contributed by atoms with van der Waals surface area (Å²) in [7, 11) is 7.56. The molecule has 3 rings (SSSR count). The maximum Gasteiger partial charge on any atom is 0.346 e. The van der Waals surface area contributed by atoms with Gasteiger partial charge >= 0.3 is 5.69 Å². The van der Waals surface area contributed by atoms with E-state index in [4.69, 9.17) is 28.4 Å². The average Bonchev–Trinajstić information content (AvgIpc) is 2.75. The van der Waals surface area contributed by atoms with Crippen molar-refractivity contribution in [1.29, 1.82) is 0 Å². The molecule has 0 spiro atoms. The van der Waals surface area contributed by atoms with Crippen molar-refractivity contribution < 1.29 is 28.4 Å². The predicted octanol–water partition coefficient (Wildman–Crippen LogP) is 2.61. The van der Waals surface area contributed by atoms with Crippen LogP contribution in [0, 0.1) is 0 Å². The summed E-state index contributed by atoms with van der Waals surface area (Å²) in [6, 6.07) is 6.97. The Morgan fingerprint density at radius 2 is 1.59 bits per heavy atom. The van der Waals surface area contributed by atoms with Gasteiger partial charge in [0, 0.05) is 18.1 Å². The number of H-pyrrole nitrogens is 1. The molecule has 0 fully saturated rings. The number of aromatic nitrogens is 2. The van der Waals surface area contributed by atoms with Crippen LogP contribution in [-0.4, -0.2) is 52.3 Å². The van der Waals surface area contributed by atoms with Gasteiger partial charge in [0.25, 0.3) is 0 Å². The highest BCUT2D eigenvalue weighted by atomic mass is 16.7. The minimum absolute atomic E-state index is 0.0439. The van der Waals surface area contributed by atoms with Gasteiger partial charge in [-0.15, -0.1) is 0 Å². The topological polar surface area (TPSA) is 101 Å². The minimum Gasteiger partial charge on any atom is -0.493 e. The van der Waals surface area contributed by atoms with Crippen LogP contribution in [0.3, 0.4) is 0 Å². The second-order valence-electron chi connectivity index (χ2n) is 5.87. The van der Waals surface area contributed by atoms with Crippen molar-refractivity contribution in [3.05, 3.63) is 34.7 Å². The van der Waals surface area contributed by atoms with Crippen LogP contribution < -0.4 is 29.4 Å². The molecule has 2 aromatic carbocycles. The van der Waals surface area contributed by atoms with Gasteiger partial charge in [0.05, 0.1) is 39.6 Å². The molecule has 0 aliphatic heterocycles. The highest BCUT2D eigenvalue weighted by Crippen LogP contribution is 2.44. The lowest BCUT2D eigenvalue weighted by Gasteiger charge is -2.16. The number of methoxy groups -OCH3 is 5. The molecule has 0 saturated heterocycles. The summed E-state index contributed by atoms with van der Waals surface area (Å²) >= 11 is 0. The standard InChI is InChI=1S/C20H22N2O7/c1-24-10-29-14-8-11(6-7-13(14)25-2)16-12-9-15(26-3)18(27-4)19(28-5)17(12)22-20(23)21-16/h6-9H,10H2,1-5H3,(H,21,22,23). The van der Waals surface area contributed by atoms with Crippen molar-refractivity contribution in [3.63, 3.8) is 0 Å². The smallest absolute Gasteiger partial charge is 0.346 e. The molecule has 29 heavy (non-hydrogen) atoms. The number of hydrogen-bond donors (Lipinski definition) is 1. The third-order valence-corrected chi connectivity index (χ3v) is 4.30. The molecule has 0 aliphatic rings. The van der Waals surface area contributed by atoms with E-state index in [9.17, 15) is 4.79 Å². The summed E-state index contributed by atoms with van der Waals surface area (Å²) in [5.41, 5.74) is 0.971. The highest BCUT2D eigenvalue weighted by Gasteiger charge is 2.21. The second-order valence-corrected chi connectivity index (χ2v) is 5.87. The van der Waals surface area contributed by atoms with Gasteiger partial charge in [-0.05, 0) is 24.3 Å². The van der Waals surface area contributed by atoms with Crippen LogP contribution in [0.5, 0.6) is 28.7 Å². The van der Waals surface area contributed by atoms with E-state index in [1.165, 1.54) is 35.5 Å². The van der Waals surface area contributed by atoms with E-state index in [0.717, 1.165) is 0 Å². The monoisotopic (exact) mass is 402 g/mol. The van der Waals surface area contributed by atoms with Gasteiger partial charge in [-0.3, -0.25) is 0 Å². The summed E-state index contributed by atoms with van der Waals surface area (Å²) in [4.78, 5) is 19.2. The Kier molecular flexibility index (Phi) is 6.08. The highest BCUT2D eigenvalue weighted by molar-refractivity contribution is 5.98.